The number of hydrogen-bond donors (Lipinski definition) is 1. The van der Waals surface area contributed by atoms with E-state index >= 15 is 0 Å². The highest BCUT2D eigenvalue weighted by molar-refractivity contribution is 9.10. The van der Waals surface area contributed by atoms with Crippen molar-refractivity contribution in [2.45, 2.75) is 12.6 Å². The van der Waals surface area contributed by atoms with Crippen LogP contribution in [0.2, 0.25) is 0 Å². The lowest BCUT2D eigenvalue weighted by atomic mass is 10.2. The van der Waals surface area contributed by atoms with Crippen molar-refractivity contribution in [1.82, 2.24) is 15.2 Å². The summed E-state index contributed by atoms with van der Waals surface area (Å²) in [7, 11) is 1.98. The molecule has 1 atom stereocenters. The zero-order valence-electron chi connectivity index (χ0n) is 10.0. The molecule has 1 fully saturated rings. The van der Waals surface area contributed by atoms with Crippen LogP contribution in [0.1, 0.15) is 5.56 Å². The summed E-state index contributed by atoms with van der Waals surface area (Å²) in [6.45, 7) is 4.51. The largest absolute Gasteiger partial charge is 0.378 e. The Morgan fingerprint density at radius 3 is 3.24 bits per heavy atom. The van der Waals surface area contributed by atoms with Crippen molar-refractivity contribution in [2.24, 2.45) is 0 Å². The molecule has 1 unspecified atom stereocenters. The maximum Gasteiger partial charge on any atom is 0.0635 e. The molecule has 0 bridgehead atoms. The molecule has 1 aliphatic rings. The first-order valence-electron chi connectivity index (χ1n) is 5.85. The van der Waals surface area contributed by atoms with Crippen LogP contribution in [-0.4, -0.2) is 49.3 Å². The number of ether oxygens (including phenoxy) is 1. The van der Waals surface area contributed by atoms with E-state index in [-0.39, 0.29) is 0 Å². The number of morpholine rings is 1. The van der Waals surface area contributed by atoms with Gasteiger partial charge in [-0.3, -0.25) is 9.88 Å². The Kier molecular flexibility index (Phi) is 4.91. The van der Waals surface area contributed by atoms with Gasteiger partial charge in [0.15, 0.2) is 0 Å². The molecule has 94 valence electrons. The zero-order chi connectivity index (χ0) is 12.1. The molecule has 4 nitrogen and oxygen atoms in total. The molecule has 2 rings (SSSR count). The van der Waals surface area contributed by atoms with Crippen molar-refractivity contribution in [3.8, 4) is 0 Å². The van der Waals surface area contributed by atoms with Crippen LogP contribution in [0, 0.1) is 0 Å². The average Bonchev–Trinajstić information content (AvgIpc) is 2.32. The van der Waals surface area contributed by atoms with Gasteiger partial charge in [-0.1, -0.05) is 0 Å². The quantitative estimate of drug-likeness (QED) is 0.908. The summed E-state index contributed by atoms with van der Waals surface area (Å²) in [5.74, 6) is 0. The van der Waals surface area contributed by atoms with Crippen LogP contribution in [0.15, 0.2) is 22.9 Å². The second-order valence-corrected chi connectivity index (χ2v) is 5.18. The summed E-state index contributed by atoms with van der Waals surface area (Å²) in [4.78, 5) is 6.65. The molecule has 0 aromatic carbocycles. The molecule has 1 aromatic heterocycles. The van der Waals surface area contributed by atoms with Crippen molar-refractivity contribution in [3.63, 3.8) is 0 Å². The van der Waals surface area contributed by atoms with Crippen molar-refractivity contribution in [2.75, 3.05) is 33.4 Å². The normalized spacial score (nSPS) is 21.6. The van der Waals surface area contributed by atoms with Crippen molar-refractivity contribution in [1.29, 1.82) is 0 Å². The standard InChI is InChI=1S/C12H18BrN3O/c1-14-7-12-9-17-3-2-16(12)8-10-4-11(13)6-15-5-10/h4-6,12,14H,2-3,7-9H2,1H3. The molecule has 0 radical (unpaired) electrons. The number of hydrogen-bond acceptors (Lipinski definition) is 4. The molecule has 2 heterocycles. The van der Waals surface area contributed by atoms with Crippen LogP contribution in [0.3, 0.4) is 0 Å². The smallest absolute Gasteiger partial charge is 0.0635 e. The van der Waals surface area contributed by atoms with E-state index in [1.807, 2.05) is 19.4 Å². The van der Waals surface area contributed by atoms with Gasteiger partial charge in [-0.2, -0.15) is 0 Å². The van der Waals surface area contributed by atoms with Crippen LogP contribution in [0.5, 0.6) is 0 Å². The molecule has 1 aromatic rings. The Morgan fingerprint density at radius 1 is 1.59 bits per heavy atom. The lowest BCUT2D eigenvalue weighted by Crippen LogP contribution is -2.49. The predicted molar refractivity (Wildman–Crippen MR) is 70.9 cm³/mol. The summed E-state index contributed by atoms with van der Waals surface area (Å²) >= 11 is 3.45. The van der Waals surface area contributed by atoms with E-state index in [0.717, 1.165) is 37.3 Å². The fourth-order valence-corrected chi connectivity index (χ4v) is 2.51. The molecule has 1 aliphatic heterocycles. The Labute approximate surface area is 110 Å². The number of rotatable bonds is 4. The Balaban J connectivity index is 2.00. The fraction of sp³-hybridized carbons (Fsp3) is 0.583. The molecular weight excluding hydrogens is 282 g/mol. The van der Waals surface area contributed by atoms with Gasteiger partial charge >= 0.3 is 0 Å². The highest BCUT2D eigenvalue weighted by Crippen LogP contribution is 2.14. The maximum absolute atomic E-state index is 5.52. The van der Waals surface area contributed by atoms with Crippen molar-refractivity contribution in [3.05, 3.63) is 28.5 Å². The lowest BCUT2D eigenvalue weighted by Gasteiger charge is -2.35. The van der Waals surface area contributed by atoms with Gasteiger partial charge in [-0.25, -0.2) is 0 Å². The average molecular weight is 300 g/mol. The third-order valence-corrected chi connectivity index (χ3v) is 3.37. The highest BCUT2D eigenvalue weighted by atomic mass is 79.9. The lowest BCUT2D eigenvalue weighted by molar-refractivity contribution is -0.0103. The summed E-state index contributed by atoms with van der Waals surface area (Å²) in [6.07, 6.45) is 3.74. The molecular formula is C12H18BrN3O. The molecule has 0 saturated carbocycles. The minimum Gasteiger partial charge on any atom is -0.378 e. The number of likely N-dealkylation sites (N-methyl/N-ethyl adjacent to an activating group) is 1. The van der Waals surface area contributed by atoms with Gasteiger partial charge in [-0.05, 0) is 34.6 Å². The first-order chi connectivity index (χ1) is 8.29. The molecule has 0 amide bonds. The van der Waals surface area contributed by atoms with Crippen LogP contribution >= 0.6 is 15.9 Å². The monoisotopic (exact) mass is 299 g/mol. The maximum atomic E-state index is 5.52. The van der Waals surface area contributed by atoms with Crippen LogP contribution < -0.4 is 5.32 Å². The van der Waals surface area contributed by atoms with E-state index in [1.54, 1.807) is 0 Å². The van der Waals surface area contributed by atoms with E-state index in [2.05, 4.69) is 37.2 Å². The molecule has 0 aliphatic carbocycles. The highest BCUT2D eigenvalue weighted by Gasteiger charge is 2.22. The minimum atomic E-state index is 0.452. The number of pyridine rings is 1. The summed E-state index contributed by atoms with van der Waals surface area (Å²) in [6, 6.07) is 2.58. The van der Waals surface area contributed by atoms with E-state index in [0.29, 0.717) is 6.04 Å². The third-order valence-electron chi connectivity index (χ3n) is 2.94. The van der Waals surface area contributed by atoms with E-state index in [9.17, 15) is 0 Å². The molecule has 1 saturated heterocycles. The van der Waals surface area contributed by atoms with Gasteiger partial charge in [0.05, 0.1) is 13.2 Å². The van der Waals surface area contributed by atoms with Gasteiger partial charge in [0.25, 0.3) is 0 Å². The van der Waals surface area contributed by atoms with Crippen molar-refractivity contribution < 1.29 is 4.74 Å². The zero-order valence-corrected chi connectivity index (χ0v) is 11.6. The first-order valence-corrected chi connectivity index (χ1v) is 6.64. The number of halogens is 1. The summed E-state index contributed by atoms with van der Waals surface area (Å²) in [5, 5.41) is 3.22. The van der Waals surface area contributed by atoms with Gasteiger partial charge in [0.2, 0.25) is 0 Å². The molecule has 17 heavy (non-hydrogen) atoms. The van der Waals surface area contributed by atoms with E-state index < -0.39 is 0 Å². The second kappa shape index (κ2) is 6.44. The Hall–Kier alpha value is -0.490. The minimum absolute atomic E-state index is 0.452. The summed E-state index contributed by atoms with van der Waals surface area (Å²) in [5.41, 5.74) is 1.24. The van der Waals surface area contributed by atoms with Gasteiger partial charge in [0, 0.05) is 42.5 Å². The Morgan fingerprint density at radius 2 is 2.47 bits per heavy atom. The van der Waals surface area contributed by atoms with Gasteiger partial charge in [-0.15, -0.1) is 0 Å². The van der Waals surface area contributed by atoms with Crippen molar-refractivity contribution >= 4 is 15.9 Å². The number of nitrogens with one attached hydrogen (secondary N) is 1. The molecule has 0 spiro atoms. The number of aromatic nitrogens is 1. The summed E-state index contributed by atoms with van der Waals surface area (Å²) < 4.78 is 6.56. The fourth-order valence-electron chi connectivity index (χ4n) is 2.10. The van der Waals surface area contributed by atoms with Crippen LogP contribution in [0.25, 0.3) is 0 Å². The molecule has 5 heteroatoms. The van der Waals surface area contributed by atoms with Crippen LogP contribution in [-0.2, 0) is 11.3 Å². The first kappa shape index (κ1) is 13.0. The topological polar surface area (TPSA) is 37.4 Å². The van der Waals surface area contributed by atoms with Gasteiger partial charge < -0.3 is 10.1 Å². The molecule has 1 N–H and O–H groups in total. The number of nitrogens with zero attached hydrogens (tertiary/aromatic N) is 2. The van der Waals surface area contributed by atoms with Crippen LogP contribution in [0.4, 0.5) is 0 Å². The third kappa shape index (κ3) is 3.74. The SMILES string of the molecule is CNCC1COCCN1Cc1cncc(Br)c1. The Bertz CT molecular complexity index is 359. The van der Waals surface area contributed by atoms with E-state index in [4.69, 9.17) is 4.74 Å². The predicted octanol–water partition coefficient (Wildman–Crippen LogP) is 1.26. The van der Waals surface area contributed by atoms with E-state index in [1.165, 1.54) is 5.56 Å². The second-order valence-electron chi connectivity index (χ2n) is 4.27. The van der Waals surface area contributed by atoms with Gasteiger partial charge in [0.1, 0.15) is 0 Å².